The molecule has 0 saturated heterocycles. The molecule has 0 unspecified atom stereocenters. The molecule has 1 N–H and O–H groups in total. The third-order valence-corrected chi connectivity index (χ3v) is 5.65. The Kier molecular flexibility index (Phi) is 5.20. The molecule has 4 rings (SSSR count). The number of nitrogens with zero attached hydrogens (tertiary/aromatic N) is 3. The molecule has 0 aliphatic carbocycles. The van der Waals surface area contributed by atoms with Gasteiger partial charge in [0.15, 0.2) is 5.82 Å². The summed E-state index contributed by atoms with van der Waals surface area (Å²) in [7, 11) is 0. The van der Waals surface area contributed by atoms with Gasteiger partial charge in [-0.3, -0.25) is 4.79 Å². The number of rotatable bonds is 5. The molecule has 1 aromatic carbocycles. The van der Waals surface area contributed by atoms with Crippen LogP contribution in [0.5, 0.6) is 0 Å². The molecule has 0 fully saturated rings. The van der Waals surface area contributed by atoms with Crippen molar-refractivity contribution < 1.29 is 9.21 Å². The van der Waals surface area contributed by atoms with Crippen LogP contribution in [0.3, 0.4) is 0 Å². The Morgan fingerprint density at radius 2 is 2.11 bits per heavy atom. The van der Waals surface area contributed by atoms with Gasteiger partial charge in [0, 0.05) is 23.9 Å². The van der Waals surface area contributed by atoms with E-state index in [4.69, 9.17) is 4.42 Å². The fourth-order valence-electron chi connectivity index (χ4n) is 4.09. The number of furan rings is 1. The molecule has 6 nitrogen and oxygen atoms in total. The van der Waals surface area contributed by atoms with Gasteiger partial charge in [-0.25, -0.2) is 0 Å². The molecule has 0 spiro atoms. The van der Waals surface area contributed by atoms with Crippen molar-refractivity contribution in [2.24, 2.45) is 0 Å². The molecule has 2 aromatic heterocycles. The lowest BCUT2D eigenvalue weighted by Crippen LogP contribution is -2.26. The molecule has 0 atom stereocenters. The first-order valence-electron chi connectivity index (χ1n) is 10.2. The minimum atomic E-state index is -0.0275. The smallest absolute Gasteiger partial charge is 0.224 e. The largest absolute Gasteiger partial charge is 0.464 e. The van der Waals surface area contributed by atoms with Crippen molar-refractivity contribution in [1.82, 2.24) is 20.1 Å². The summed E-state index contributed by atoms with van der Waals surface area (Å²) < 4.78 is 7.86. The minimum absolute atomic E-state index is 0.0275. The Morgan fingerprint density at radius 1 is 1.25 bits per heavy atom. The number of aromatic nitrogens is 3. The molecular weight excluding hydrogens is 352 g/mol. The average Bonchev–Trinajstić information content (AvgIpc) is 3.14. The van der Waals surface area contributed by atoms with E-state index in [1.165, 1.54) is 17.5 Å². The van der Waals surface area contributed by atoms with Crippen molar-refractivity contribution in [3.8, 4) is 0 Å². The monoisotopic (exact) mass is 380 g/mol. The molecule has 3 aromatic rings. The van der Waals surface area contributed by atoms with Crippen LogP contribution in [0.1, 0.15) is 67.4 Å². The van der Waals surface area contributed by atoms with E-state index in [-0.39, 0.29) is 5.91 Å². The van der Waals surface area contributed by atoms with E-state index in [1.807, 2.05) is 0 Å². The van der Waals surface area contributed by atoms with Gasteiger partial charge in [0.1, 0.15) is 11.4 Å². The van der Waals surface area contributed by atoms with Gasteiger partial charge in [-0.15, -0.1) is 10.2 Å². The van der Waals surface area contributed by atoms with Gasteiger partial charge in [-0.1, -0.05) is 20.3 Å². The van der Waals surface area contributed by atoms with E-state index in [9.17, 15) is 4.79 Å². The maximum Gasteiger partial charge on any atom is 0.224 e. The number of nitrogens with one attached hydrogen (secondary N) is 1. The standard InChI is InChI=1S/C22H28N4O2/c1-14(2)17-11-18-16(13-28-19(18)9-15(17)3)10-22(27)23-12-21-25-24-20-7-5-4-6-8-26(20)21/h9,11,13-14H,4-8,10,12H2,1-3H3,(H,23,27). The highest BCUT2D eigenvalue weighted by atomic mass is 16.3. The number of carbonyl (C=O) groups is 1. The molecule has 0 bridgehead atoms. The van der Waals surface area contributed by atoms with Crippen LogP contribution in [0, 0.1) is 6.92 Å². The number of aryl methyl sites for hydroxylation is 2. The number of hydrogen-bond acceptors (Lipinski definition) is 4. The lowest BCUT2D eigenvalue weighted by atomic mass is 9.95. The zero-order valence-electron chi connectivity index (χ0n) is 16.9. The van der Waals surface area contributed by atoms with E-state index >= 15 is 0 Å². The molecule has 1 amide bonds. The van der Waals surface area contributed by atoms with Crippen molar-refractivity contribution in [3.05, 3.63) is 46.7 Å². The third-order valence-electron chi connectivity index (χ3n) is 5.65. The zero-order valence-corrected chi connectivity index (χ0v) is 16.9. The summed E-state index contributed by atoms with van der Waals surface area (Å²) in [6, 6.07) is 4.23. The first-order chi connectivity index (χ1) is 13.5. The average molecular weight is 380 g/mol. The van der Waals surface area contributed by atoms with E-state index in [1.54, 1.807) is 6.26 Å². The molecule has 3 heterocycles. The maximum atomic E-state index is 12.6. The highest BCUT2D eigenvalue weighted by molar-refractivity contribution is 5.88. The van der Waals surface area contributed by atoms with Crippen LogP contribution in [0.15, 0.2) is 22.8 Å². The molecule has 0 saturated carbocycles. The Bertz CT molecular complexity index is 1000. The predicted octanol–water partition coefficient (Wildman–Crippen LogP) is 4.04. The lowest BCUT2D eigenvalue weighted by molar-refractivity contribution is -0.120. The van der Waals surface area contributed by atoms with Gasteiger partial charge < -0.3 is 14.3 Å². The molecule has 1 aliphatic rings. The molecule has 148 valence electrons. The zero-order chi connectivity index (χ0) is 19.7. The van der Waals surface area contributed by atoms with Gasteiger partial charge in [0.05, 0.1) is 19.2 Å². The molecule has 0 radical (unpaired) electrons. The summed E-state index contributed by atoms with van der Waals surface area (Å²) in [4.78, 5) is 12.6. The van der Waals surface area contributed by atoms with Crippen molar-refractivity contribution in [1.29, 1.82) is 0 Å². The lowest BCUT2D eigenvalue weighted by Gasteiger charge is -2.10. The first-order valence-corrected chi connectivity index (χ1v) is 10.2. The molecule has 1 aliphatic heterocycles. The number of amides is 1. The maximum absolute atomic E-state index is 12.6. The SMILES string of the molecule is Cc1cc2occ(CC(=O)NCc3nnc4n3CCCCC4)c2cc1C(C)C. The molecule has 28 heavy (non-hydrogen) atoms. The molecular formula is C22H28N4O2. The van der Waals surface area contributed by atoms with Crippen LogP contribution < -0.4 is 5.32 Å². The number of carbonyl (C=O) groups excluding carboxylic acids is 1. The molecule has 6 heteroatoms. The topological polar surface area (TPSA) is 73.0 Å². The Hall–Kier alpha value is -2.63. The van der Waals surface area contributed by atoms with Crippen LogP contribution >= 0.6 is 0 Å². The fraction of sp³-hybridized carbons (Fsp3) is 0.500. The summed E-state index contributed by atoms with van der Waals surface area (Å²) >= 11 is 0. The van der Waals surface area contributed by atoms with E-state index in [0.717, 1.165) is 54.0 Å². The van der Waals surface area contributed by atoms with Crippen molar-refractivity contribution in [2.75, 3.05) is 0 Å². The second-order valence-corrected chi connectivity index (χ2v) is 8.07. The van der Waals surface area contributed by atoms with Gasteiger partial charge in [-0.2, -0.15) is 0 Å². The van der Waals surface area contributed by atoms with Crippen molar-refractivity contribution >= 4 is 16.9 Å². The highest BCUT2D eigenvalue weighted by Crippen LogP contribution is 2.29. The van der Waals surface area contributed by atoms with Crippen LogP contribution in [0.25, 0.3) is 11.0 Å². The first kappa shape index (κ1) is 18.7. The summed E-state index contributed by atoms with van der Waals surface area (Å²) in [5.41, 5.74) is 4.28. The Balaban J connectivity index is 1.46. The number of fused-ring (bicyclic) bond motifs is 2. The van der Waals surface area contributed by atoms with Crippen LogP contribution in [0.4, 0.5) is 0 Å². The van der Waals surface area contributed by atoms with E-state index in [0.29, 0.717) is 18.9 Å². The Labute approximate surface area is 165 Å². The predicted molar refractivity (Wildman–Crippen MR) is 108 cm³/mol. The normalized spacial score (nSPS) is 14.3. The number of benzene rings is 1. The number of hydrogen-bond donors (Lipinski definition) is 1. The van der Waals surface area contributed by atoms with Crippen molar-refractivity contribution in [3.63, 3.8) is 0 Å². The third kappa shape index (κ3) is 3.68. The highest BCUT2D eigenvalue weighted by Gasteiger charge is 2.17. The van der Waals surface area contributed by atoms with Crippen molar-refractivity contribution in [2.45, 2.75) is 71.9 Å². The van der Waals surface area contributed by atoms with Gasteiger partial charge >= 0.3 is 0 Å². The summed E-state index contributed by atoms with van der Waals surface area (Å²) in [5.74, 6) is 2.30. The van der Waals surface area contributed by atoms with Gasteiger partial charge in [-0.05, 0) is 48.9 Å². The van der Waals surface area contributed by atoms with Gasteiger partial charge in [0.25, 0.3) is 0 Å². The van der Waals surface area contributed by atoms with E-state index < -0.39 is 0 Å². The fourth-order valence-corrected chi connectivity index (χ4v) is 4.09. The van der Waals surface area contributed by atoms with E-state index in [2.05, 4.69) is 53.0 Å². The second kappa shape index (κ2) is 7.78. The van der Waals surface area contributed by atoms with Crippen LogP contribution in [-0.2, 0) is 30.7 Å². The summed E-state index contributed by atoms with van der Waals surface area (Å²) in [6.45, 7) is 7.82. The van der Waals surface area contributed by atoms with Gasteiger partial charge in [0.2, 0.25) is 5.91 Å². The quantitative estimate of drug-likeness (QED) is 0.725. The summed E-state index contributed by atoms with van der Waals surface area (Å²) in [5, 5.41) is 12.6. The van der Waals surface area contributed by atoms with Crippen LogP contribution in [-0.4, -0.2) is 20.7 Å². The van der Waals surface area contributed by atoms with Crippen LogP contribution in [0.2, 0.25) is 0 Å². The second-order valence-electron chi connectivity index (χ2n) is 8.07. The minimum Gasteiger partial charge on any atom is -0.464 e. The Morgan fingerprint density at radius 3 is 2.93 bits per heavy atom. The summed E-state index contributed by atoms with van der Waals surface area (Å²) in [6.07, 6.45) is 6.51.